The molecule has 4 nitrogen and oxygen atoms in total. The normalized spacial score (nSPS) is 19.1. The number of carboxylic acids is 1. The summed E-state index contributed by atoms with van der Waals surface area (Å²) in [5.41, 5.74) is 0.0689. The summed E-state index contributed by atoms with van der Waals surface area (Å²) in [4.78, 5) is 11.0. The van der Waals surface area contributed by atoms with E-state index in [1.807, 2.05) is 13.8 Å². The summed E-state index contributed by atoms with van der Waals surface area (Å²) in [5, 5.41) is 20.8. The van der Waals surface area contributed by atoms with E-state index < -0.39 is 12.0 Å². The van der Waals surface area contributed by atoms with Crippen LogP contribution in [0.3, 0.4) is 0 Å². The molecule has 2 N–H and O–H groups in total. The smallest absolute Gasteiger partial charge is 0.320 e. The average Bonchev–Trinajstić information content (AvgIpc) is 2.93. The van der Waals surface area contributed by atoms with Crippen LogP contribution in [0.25, 0.3) is 0 Å². The quantitative estimate of drug-likeness (QED) is 0.691. The highest BCUT2D eigenvalue weighted by Crippen LogP contribution is 2.47. The van der Waals surface area contributed by atoms with Crippen LogP contribution in [-0.4, -0.2) is 23.7 Å². The third-order valence-electron chi connectivity index (χ3n) is 3.14. The largest absolute Gasteiger partial charge is 0.480 e. The number of nitriles is 1. The molecule has 0 heterocycles. The zero-order valence-corrected chi connectivity index (χ0v) is 9.99. The number of carbonyl (C=O) groups is 1. The third kappa shape index (κ3) is 3.82. The molecular formula is C12H20N2O2. The molecule has 1 saturated carbocycles. The number of nitrogens with zero attached hydrogens (tertiary/aromatic N) is 1. The van der Waals surface area contributed by atoms with Crippen LogP contribution in [0.2, 0.25) is 0 Å². The van der Waals surface area contributed by atoms with Gasteiger partial charge in [-0.3, -0.25) is 4.79 Å². The van der Waals surface area contributed by atoms with Crippen molar-refractivity contribution < 1.29 is 9.90 Å². The molecule has 0 aliphatic heterocycles. The maximum Gasteiger partial charge on any atom is 0.320 e. The lowest BCUT2D eigenvalue weighted by atomic mass is 10.0. The van der Waals surface area contributed by atoms with Crippen LogP contribution in [0.5, 0.6) is 0 Å². The molecule has 1 rings (SSSR count). The van der Waals surface area contributed by atoms with Gasteiger partial charge in [0.25, 0.3) is 0 Å². The first-order valence-corrected chi connectivity index (χ1v) is 5.82. The lowest BCUT2D eigenvalue weighted by molar-refractivity contribution is -0.140. The predicted octanol–water partition coefficient (Wildman–Crippen LogP) is 1.77. The van der Waals surface area contributed by atoms with Crippen molar-refractivity contribution in [1.29, 1.82) is 5.26 Å². The van der Waals surface area contributed by atoms with Gasteiger partial charge in [-0.25, -0.2) is 0 Å². The molecule has 0 aromatic rings. The fourth-order valence-electron chi connectivity index (χ4n) is 1.84. The van der Waals surface area contributed by atoms with Crippen LogP contribution in [-0.2, 0) is 4.79 Å². The summed E-state index contributed by atoms with van der Waals surface area (Å²) >= 11 is 0. The average molecular weight is 224 g/mol. The highest BCUT2D eigenvalue weighted by molar-refractivity contribution is 5.73. The molecule has 0 radical (unpaired) electrons. The fourth-order valence-corrected chi connectivity index (χ4v) is 1.84. The van der Waals surface area contributed by atoms with Gasteiger partial charge in [-0.2, -0.15) is 5.26 Å². The summed E-state index contributed by atoms with van der Waals surface area (Å²) in [6.45, 7) is 4.68. The summed E-state index contributed by atoms with van der Waals surface area (Å²) in [5.74, 6) is -0.429. The van der Waals surface area contributed by atoms with Crippen molar-refractivity contribution in [2.24, 2.45) is 11.3 Å². The van der Waals surface area contributed by atoms with Crippen molar-refractivity contribution in [1.82, 2.24) is 5.32 Å². The predicted molar refractivity (Wildman–Crippen MR) is 60.8 cm³/mol. The van der Waals surface area contributed by atoms with E-state index in [2.05, 4.69) is 11.4 Å². The van der Waals surface area contributed by atoms with Crippen molar-refractivity contribution >= 4 is 5.97 Å². The molecule has 16 heavy (non-hydrogen) atoms. The highest BCUT2D eigenvalue weighted by Gasteiger charge is 2.42. The van der Waals surface area contributed by atoms with E-state index in [0.29, 0.717) is 25.3 Å². The van der Waals surface area contributed by atoms with E-state index in [0.717, 1.165) is 12.8 Å². The molecular weight excluding hydrogens is 204 g/mol. The third-order valence-corrected chi connectivity index (χ3v) is 3.14. The first-order chi connectivity index (χ1) is 7.49. The first kappa shape index (κ1) is 13.0. The summed E-state index contributed by atoms with van der Waals surface area (Å²) in [6, 6.07) is 1.70. The zero-order valence-electron chi connectivity index (χ0n) is 9.99. The van der Waals surface area contributed by atoms with Crippen LogP contribution in [0.15, 0.2) is 0 Å². The van der Waals surface area contributed by atoms with Crippen molar-refractivity contribution in [2.75, 3.05) is 6.54 Å². The Morgan fingerprint density at radius 3 is 2.56 bits per heavy atom. The van der Waals surface area contributed by atoms with Crippen LogP contribution >= 0.6 is 0 Å². The topological polar surface area (TPSA) is 73.1 Å². The maximum atomic E-state index is 11.0. The fraction of sp³-hybridized carbons (Fsp3) is 0.833. The minimum atomic E-state index is -0.790. The first-order valence-electron chi connectivity index (χ1n) is 5.82. The van der Waals surface area contributed by atoms with Gasteiger partial charge < -0.3 is 10.4 Å². The Balaban J connectivity index is 2.39. The minimum absolute atomic E-state index is 0.0689. The van der Waals surface area contributed by atoms with E-state index >= 15 is 0 Å². The Morgan fingerprint density at radius 1 is 1.56 bits per heavy atom. The lowest BCUT2D eigenvalue weighted by Gasteiger charge is -2.19. The van der Waals surface area contributed by atoms with Gasteiger partial charge in [0, 0.05) is 13.0 Å². The Labute approximate surface area is 96.6 Å². The molecule has 90 valence electrons. The molecule has 4 heteroatoms. The van der Waals surface area contributed by atoms with Gasteiger partial charge in [0.05, 0.1) is 6.07 Å². The van der Waals surface area contributed by atoms with Gasteiger partial charge in [0.15, 0.2) is 0 Å². The molecule has 0 aromatic carbocycles. The van der Waals surface area contributed by atoms with Crippen LogP contribution < -0.4 is 5.32 Å². The van der Waals surface area contributed by atoms with Gasteiger partial charge in [0.2, 0.25) is 0 Å². The Morgan fingerprint density at radius 2 is 2.19 bits per heavy atom. The van der Waals surface area contributed by atoms with Crippen LogP contribution in [0, 0.1) is 22.7 Å². The Bertz CT molecular complexity index is 290. The number of carboxylic acid groups (broad SMARTS) is 1. The summed E-state index contributed by atoms with van der Waals surface area (Å²) < 4.78 is 0. The molecule has 1 fully saturated rings. The van der Waals surface area contributed by atoms with E-state index in [-0.39, 0.29) is 5.41 Å². The van der Waals surface area contributed by atoms with E-state index in [1.54, 1.807) is 0 Å². The van der Waals surface area contributed by atoms with Gasteiger partial charge in [-0.05, 0) is 30.6 Å². The van der Waals surface area contributed by atoms with Crippen molar-refractivity contribution in [2.45, 2.75) is 45.6 Å². The van der Waals surface area contributed by atoms with Gasteiger partial charge in [-0.1, -0.05) is 13.8 Å². The number of hydrogen-bond acceptors (Lipinski definition) is 3. The van der Waals surface area contributed by atoms with Gasteiger partial charge in [-0.15, -0.1) is 0 Å². The molecule has 1 aliphatic rings. The van der Waals surface area contributed by atoms with Crippen LogP contribution in [0.1, 0.15) is 39.5 Å². The van der Waals surface area contributed by atoms with Crippen LogP contribution in [0.4, 0.5) is 0 Å². The Kier molecular flexibility index (Phi) is 4.31. The van der Waals surface area contributed by atoms with E-state index in [9.17, 15) is 4.79 Å². The number of hydrogen-bond donors (Lipinski definition) is 2. The maximum absolute atomic E-state index is 11.0. The number of aliphatic carboxylic acids is 1. The molecule has 0 bridgehead atoms. The molecule has 0 spiro atoms. The lowest BCUT2D eigenvalue weighted by Crippen LogP contribution is -2.40. The number of rotatable bonds is 7. The Hall–Kier alpha value is -1.08. The minimum Gasteiger partial charge on any atom is -0.480 e. The molecule has 0 amide bonds. The monoisotopic (exact) mass is 224 g/mol. The molecule has 1 unspecified atom stereocenters. The van der Waals surface area contributed by atoms with Gasteiger partial charge >= 0.3 is 5.97 Å². The standard InChI is InChI=1S/C12H20N2O2/c1-9(2)7-10(11(15)16)14-8-12(3-4-12)5-6-13/h9-10,14H,3-5,7-8H2,1-2H3,(H,15,16). The zero-order chi connectivity index (χ0) is 12.2. The molecule has 0 saturated heterocycles. The number of nitrogens with one attached hydrogen (secondary N) is 1. The van der Waals surface area contributed by atoms with E-state index in [4.69, 9.17) is 10.4 Å². The SMILES string of the molecule is CC(C)CC(NCC1(CC#N)CC1)C(=O)O. The highest BCUT2D eigenvalue weighted by atomic mass is 16.4. The second-order valence-corrected chi connectivity index (χ2v) is 5.24. The van der Waals surface area contributed by atoms with Gasteiger partial charge in [0.1, 0.15) is 6.04 Å². The summed E-state index contributed by atoms with van der Waals surface area (Å²) in [7, 11) is 0. The van der Waals surface area contributed by atoms with Crippen molar-refractivity contribution in [3.05, 3.63) is 0 Å². The van der Waals surface area contributed by atoms with Crippen molar-refractivity contribution in [3.63, 3.8) is 0 Å². The molecule has 0 aromatic heterocycles. The summed E-state index contributed by atoms with van der Waals surface area (Å²) in [6.07, 6.45) is 3.26. The second kappa shape index (κ2) is 5.31. The van der Waals surface area contributed by atoms with Crippen molar-refractivity contribution in [3.8, 4) is 6.07 Å². The molecule has 1 aliphatic carbocycles. The molecule has 1 atom stereocenters. The van der Waals surface area contributed by atoms with E-state index in [1.165, 1.54) is 0 Å². The second-order valence-electron chi connectivity index (χ2n) is 5.24.